The first-order valence-corrected chi connectivity index (χ1v) is 18.0. The molecule has 2 aliphatic heterocycles. The highest BCUT2D eigenvalue weighted by atomic mass is 16.5. The number of aliphatic imine (C=N–C) groups is 1. The van der Waals surface area contributed by atoms with Gasteiger partial charge in [-0.15, -0.1) is 0 Å². The van der Waals surface area contributed by atoms with Crippen LogP contribution < -0.4 is 27.3 Å². The molecular weight excluding hydrogens is 624 g/mol. The number of carbonyl (C=O) groups is 2. The van der Waals surface area contributed by atoms with Gasteiger partial charge in [0.15, 0.2) is 17.5 Å². The van der Waals surface area contributed by atoms with Gasteiger partial charge in [0, 0.05) is 56.9 Å². The van der Waals surface area contributed by atoms with E-state index < -0.39 is 17.6 Å². The normalized spacial score (nSPS) is 20.7. The van der Waals surface area contributed by atoms with Gasteiger partial charge in [-0.05, 0) is 81.1 Å². The predicted octanol–water partition coefficient (Wildman–Crippen LogP) is 4.01. The van der Waals surface area contributed by atoms with E-state index in [1.54, 1.807) is 4.90 Å². The minimum Gasteiger partial charge on any atom is -0.504 e. The van der Waals surface area contributed by atoms with E-state index >= 15 is 0 Å². The number of aliphatic hydroxyl groups excluding tert-OH is 1. The molecule has 4 rings (SSSR count). The topological polar surface area (TPSA) is 199 Å². The standard InChI is InChI=1S/C37H58N6O6/c1-3-4-5-8-29(45)20-31(48-25(2)44)12-11-26-17-28(35(47)32(18-26)49-30-9-6-7-10-30)23-43-24-37(22-34(43)46,14-16-42-36(39)40)21-27-13-15-41-33(38)19-27/h13,17-19,29-31,41,45,47H,3-12,14-16,20-24,38H2,1-2H3,(H4,39,40,42)/t29-,31+,37-/m0/s1. The van der Waals surface area contributed by atoms with Crippen molar-refractivity contribution in [1.29, 1.82) is 0 Å². The minimum atomic E-state index is -0.548. The highest BCUT2D eigenvalue weighted by Crippen LogP contribution is 2.43. The Kier molecular flexibility index (Phi) is 14.0. The van der Waals surface area contributed by atoms with E-state index in [9.17, 15) is 19.8 Å². The second-order valence-electron chi connectivity index (χ2n) is 14.2. The first kappa shape index (κ1) is 37.9. The third-order valence-corrected chi connectivity index (χ3v) is 9.87. The third-order valence-electron chi connectivity index (χ3n) is 9.87. The summed E-state index contributed by atoms with van der Waals surface area (Å²) in [5, 5.41) is 25.3. The molecule has 0 spiro atoms. The number of rotatable bonds is 19. The predicted molar refractivity (Wildman–Crippen MR) is 190 cm³/mol. The Morgan fingerprint density at radius 1 is 1.20 bits per heavy atom. The van der Waals surface area contributed by atoms with Gasteiger partial charge in [-0.1, -0.05) is 38.3 Å². The lowest BCUT2D eigenvalue weighted by Gasteiger charge is -2.30. The molecule has 12 nitrogen and oxygen atoms in total. The Labute approximate surface area is 291 Å². The van der Waals surface area contributed by atoms with Crippen molar-refractivity contribution in [2.24, 2.45) is 27.6 Å². The molecule has 3 aliphatic rings. The van der Waals surface area contributed by atoms with Crippen LogP contribution in [0.15, 0.2) is 40.7 Å². The monoisotopic (exact) mass is 682 g/mol. The number of nitrogens with two attached hydrogens (primary N) is 3. The summed E-state index contributed by atoms with van der Waals surface area (Å²) in [4.78, 5) is 31.6. The van der Waals surface area contributed by atoms with Crippen LogP contribution in [0.4, 0.5) is 0 Å². The fourth-order valence-corrected chi connectivity index (χ4v) is 7.40. The van der Waals surface area contributed by atoms with Crippen molar-refractivity contribution in [2.75, 3.05) is 19.6 Å². The molecule has 1 aromatic carbocycles. The number of aliphatic hydroxyl groups is 1. The van der Waals surface area contributed by atoms with Gasteiger partial charge in [-0.2, -0.15) is 0 Å². The van der Waals surface area contributed by atoms with Crippen LogP contribution in [0.1, 0.15) is 108 Å². The zero-order valence-corrected chi connectivity index (χ0v) is 29.4. The van der Waals surface area contributed by atoms with Gasteiger partial charge in [0.05, 0.1) is 18.0 Å². The fourth-order valence-electron chi connectivity index (χ4n) is 7.40. The molecule has 1 saturated heterocycles. The van der Waals surface area contributed by atoms with E-state index in [4.69, 9.17) is 26.7 Å². The van der Waals surface area contributed by atoms with Crippen LogP contribution in [0.2, 0.25) is 0 Å². The molecule has 0 unspecified atom stereocenters. The molecule has 3 atom stereocenters. The Morgan fingerprint density at radius 3 is 2.67 bits per heavy atom. The van der Waals surface area contributed by atoms with E-state index in [1.807, 2.05) is 18.2 Å². The molecule has 49 heavy (non-hydrogen) atoms. The zero-order chi connectivity index (χ0) is 35.4. The van der Waals surface area contributed by atoms with Crippen LogP contribution in [0.25, 0.3) is 0 Å². The van der Waals surface area contributed by atoms with Crippen molar-refractivity contribution < 1.29 is 29.3 Å². The van der Waals surface area contributed by atoms with Gasteiger partial charge in [0.1, 0.15) is 6.10 Å². The van der Waals surface area contributed by atoms with Crippen molar-refractivity contribution >= 4 is 17.8 Å². The molecule has 2 fully saturated rings. The highest BCUT2D eigenvalue weighted by molar-refractivity contribution is 5.80. The molecular formula is C37H58N6O6. The largest absolute Gasteiger partial charge is 0.504 e. The van der Waals surface area contributed by atoms with Crippen molar-refractivity contribution in [3.05, 3.63) is 46.8 Å². The van der Waals surface area contributed by atoms with Gasteiger partial charge < -0.3 is 47.1 Å². The second-order valence-corrected chi connectivity index (χ2v) is 14.2. The Bertz CT molecular complexity index is 1370. The Morgan fingerprint density at radius 2 is 1.98 bits per heavy atom. The third kappa shape index (κ3) is 11.9. The molecule has 0 bridgehead atoms. The number of hydrogen-bond acceptors (Lipinski definition) is 9. The minimum absolute atomic E-state index is 0.00812. The smallest absolute Gasteiger partial charge is 0.302 e. The Balaban J connectivity index is 1.55. The summed E-state index contributed by atoms with van der Waals surface area (Å²) in [6.45, 7) is 5.21. The Hall–Kier alpha value is -3.93. The number of nitrogens with zero attached hydrogens (tertiary/aromatic N) is 2. The van der Waals surface area contributed by atoms with Gasteiger partial charge >= 0.3 is 5.97 Å². The summed E-state index contributed by atoms with van der Waals surface area (Å²) in [5.74, 6) is 0.676. The lowest BCUT2D eigenvalue weighted by molar-refractivity contribution is -0.148. The van der Waals surface area contributed by atoms with Gasteiger partial charge in [0.25, 0.3) is 0 Å². The number of ether oxygens (including phenoxy) is 2. The maximum atomic E-state index is 13.7. The SMILES string of the molecule is CCCCC[C@H](O)C[C@@H](CCc1cc(CN2C[C@@](CCN=C(N)N)(CC3=CCNC(N)=C3)CC2=O)c(O)c(OC2CCCC2)c1)OC(C)=O. The van der Waals surface area contributed by atoms with E-state index in [0.717, 1.165) is 56.1 Å². The summed E-state index contributed by atoms with van der Waals surface area (Å²) in [7, 11) is 0. The summed E-state index contributed by atoms with van der Waals surface area (Å²) >= 11 is 0. The highest BCUT2D eigenvalue weighted by Gasteiger charge is 2.43. The average Bonchev–Trinajstić information content (AvgIpc) is 3.65. The van der Waals surface area contributed by atoms with Crippen molar-refractivity contribution in [2.45, 2.75) is 129 Å². The molecule has 12 heteroatoms. The number of esters is 1. The number of phenols is 1. The van der Waals surface area contributed by atoms with Crippen LogP contribution in [0.3, 0.4) is 0 Å². The van der Waals surface area contributed by atoms with Crippen LogP contribution in [0.5, 0.6) is 11.5 Å². The summed E-state index contributed by atoms with van der Waals surface area (Å²) < 4.78 is 12.0. The number of carbonyl (C=O) groups excluding carboxylic acids is 2. The number of aryl methyl sites for hydroxylation is 1. The first-order chi connectivity index (χ1) is 23.4. The molecule has 1 aliphatic carbocycles. The van der Waals surface area contributed by atoms with Crippen LogP contribution in [0, 0.1) is 5.41 Å². The number of phenolic OH excluding ortho intramolecular Hbond substituents is 1. The molecule has 1 saturated carbocycles. The van der Waals surface area contributed by atoms with Gasteiger partial charge in [-0.25, -0.2) is 0 Å². The number of hydrogen-bond donors (Lipinski definition) is 6. The molecule has 1 amide bonds. The van der Waals surface area contributed by atoms with Crippen molar-refractivity contribution in [3.63, 3.8) is 0 Å². The van der Waals surface area contributed by atoms with Crippen LogP contribution >= 0.6 is 0 Å². The maximum Gasteiger partial charge on any atom is 0.302 e. The van der Waals surface area contributed by atoms with Gasteiger partial charge in [0.2, 0.25) is 5.91 Å². The number of guanidine groups is 1. The molecule has 9 N–H and O–H groups in total. The maximum absolute atomic E-state index is 13.7. The van der Waals surface area contributed by atoms with E-state index in [2.05, 4.69) is 23.3 Å². The number of unbranched alkanes of at least 4 members (excludes halogenated alkanes) is 2. The molecule has 1 aromatic rings. The quantitative estimate of drug-likeness (QED) is 0.0536. The summed E-state index contributed by atoms with van der Waals surface area (Å²) in [5.41, 5.74) is 19.5. The lowest BCUT2D eigenvalue weighted by Crippen LogP contribution is -2.31. The first-order valence-electron chi connectivity index (χ1n) is 18.0. The van der Waals surface area contributed by atoms with E-state index in [0.29, 0.717) is 81.7 Å². The number of dihydropyridines is 1. The van der Waals surface area contributed by atoms with Crippen molar-refractivity contribution in [1.82, 2.24) is 10.2 Å². The lowest BCUT2D eigenvalue weighted by atomic mass is 9.77. The van der Waals surface area contributed by atoms with Crippen LogP contribution in [-0.2, 0) is 27.3 Å². The number of allylic oxidation sites excluding steroid dienone is 2. The molecule has 272 valence electrons. The van der Waals surface area contributed by atoms with E-state index in [1.165, 1.54) is 6.92 Å². The van der Waals surface area contributed by atoms with Crippen LogP contribution in [-0.4, -0.2) is 70.9 Å². The second kappa shape index (κ2) is 18.2. The summed E-state index contributed by atoms with van der Waals surface area (Å²) in [6.07, 6.45) is 13.8. The van der Waals surface area contributed by atoms with Gasteiger partial charge in [-0.3, -0.25) is 14.6 Å². The number of nitrogens with one attached hydrogen (secondary N) is 1. The fraction of sp³-hybridized carbons (Fsp3) is 0.649. The number of benzene rings is 1. The molecule has 0 aromatic heterocycles. The number of likely N-dealkylation sites (tertiary alicyclic amines) is 1. The van der Waals surface area contributed by atoms with E-state index in [-0.39, 0.29) is 36.2 Å². The summed E-state index contributed by atoms with van der Waals surface area (Å²) in [6, 6.07) is 3.79. The number of amides is 1. The average molecular weight is 683 g/mol. The van der Waals surface area contributed by atoms with Crippen molar-refractivity contribution in [3.8, 4) is 11.5 Å². The zero-order valence-electron chi connectivity index (χ0n) is 29.4. The number of aromatic hydroxyl groups is 1. The molecule has 2 heterocycles. The molecule has 0 radical (unpaired) electrons.